The van der Waals surface area contributed by atoms with Gasteiger partial charge < -0.3 is 15.0 Å². The molecule has 24 heavy (non-hydrogen) atoms. The van der Waals surface area contributed by atoms with Crippen LogP contribution in [0.25, 0.3) is 11.0 Å². The number of nitrogens with zero attached hydrogens (tertiary/aromatic N) is 3. The quantitative estimate of drug-likeness (QED) is 0.936. The van der Waals surface area contributed by atoms with E-state index in [1.54, 1.807) is 10.9 Å². The topological polar surface area (TPSA) is 59.4 Å². The zero-order valence-corrected chi connectivity index (χ0v) is 14.7. The Hall–Kier alpha value is -2.08. The lowest BCUT2D eigenvalue weighted by Crippen LogP contribution is -2.41. The van der Waals surface area contributed by atoms with Crippen molar-refractivity contribution in [1.82, 2.24) is 14.9 Å². The molecule has 1 aromatic heterocycles. The van der Waals surface area contributed by atoms with Gasteiger partial charge in [0.2, 0.25) is 0 Å². The Bertz CT molecular complexity index is 710. The van der Waals surface area contributed by atoms with Gasteiger partial charge in [0.25, 0.3) is 0 Å². The SMILES string of the molecule is CC(C)CCNC(=O)n1cnc2c(N3CCO[C@@H](C)C3)cccc21. The number of carbonyl (C=O) groups is 1. The molecule has 6 heteroatoms. The van der Waals surface area contributed by atoms with Gasteiger partial charge in [-0.25, -0.2) is 9.78 Å². The Morgan fingerprint density at radius 2 is 2.29 bits per heavy atom. The standard InChI is InChI=1S/C18H26N4O2/c1-13(2)7-8-19-18(23)22-12-20-17-15(5-4-6-16(17)22)21-9-10-24-14(3)11-21/h4-6,12-14H,7-11H2,1-3H3,(H,19,23)/t14-/m0/s1. The lowest BCUT2D eigenvalue weighted by Gasteiger charge is -2.33. The van der Waals surface area contributed by atoms with Gasteiger partial charge in [0.15, 0.2) is 0 Å². The van der Waals surface area contributed by atoms with Crippen LogP contribution in [-0.4, -0.2) is 47.9 Å². The number of nitrogens with one attached hydrogen (secondary N) is 1. The van der Waals surface area contributed by atoms with Gasteiger partial charge in [-0.1, -0.05) is 19.9 Å². The first-order valence-corrected chi connectivity index (χ1v) is 8.67. The minimum atomic E-state index is -0.120. The first-order valence-electron chi connectivity index (χ1n) is 8.67. The molecule has 1 amide bonds. The van der Waals surface area contributed by atoms with Crippen molar-refractivity contribution < 1.29 is 9.53 Å². The summed E-state index contributed by atoms with van der Waals surface area (Å²) in [6.45, 7) is 9.45. The summed E-state index contributed by atoms with van der Waals surface area (Å²) in [7, 11) is 0. The third kappa shape index (κ3) is 3.53. The van der Waals surface area contributed by atoms with Crippen molar-refractivity contribution in [3.8, 4) is 0 Å². The highest BCUT2D eigenvalue weighted by Gasteiger charge is 2.21. The third-order valence-corrected chi connectivity index (χ3v) is 4.35. The Labute approximate surface area is 142 Å². The smallest absolute Gasteiger partial charge is 0.327 e. The summed E-state index contributed by atoms with van der Waals surface area (Å²) >= 11 is 0. The number of hydrogen-bond acceptors (Lipinski definition) is 4. The van der Waals surface area contributed by atoms with E-state index in [9.17, 15) is 4.79 Å². The number of hydrogen-bond donors (Lipinski definition) is 1. The average molecular weight is 330 g/mol. The Morgan fingerprint density at radius 3 is 3.04 bits per heavy atom. The fourth-order valence-electron chi connectivity index (χ4n) is 3.03. The highest BCUT2D eigenvalue weighted by atomic mass is 16.5. The molecule has 6 nitrogen and oxygen atoms in total. The molecule has 1 saturated heterocycles. The van der Waals surface area contributed by atoms with Crippen LogP contribution in [0.3, 0.4) is 0 Å². The number of carbonyl (C=O) groups excluding carboxylic acids is 1. The first kappa shape index (κ1) is 16.8. The molecule has 0 radical (unpaired) electrons. The monoisotopic (exact) mass is 330 g/mol. The Kier molecular flexibility index (Phi) is 5.04. The molecule has 1 N–H and O–H groups in total. The van der Waals surface area contributed by atoms with Gasteiger partial charge in [0.1, 0.15) is 11.8 Å². The maximum absolute atomic E-state index is 12.4. The summed E-state index contributed by atoms with van der Waals surface area (Å²) in [4.78, 5) is 19.2. The molecule has 1 atom stereocenters. The Balaban J connectivity index is 1.82. The van der Waals surface area contributed by atoms with Crippen molar-refractivity contribution in [3.63, 3.8) is 0 Å². The average Bonchev–Trinajstić information content (AvgIpc) is 2.98. The van der Waals surface area contributed by atoms with Gasteiger partial charge >= 0.3 is 6.03 Å². The molecule has 1 aliphatic rings. The summed E-state index contributed by atoms with van der Waals surface area (Å²) in [5.41, 5.74) is 2.77. The zero-order chi connectivity index (χ0) is 17.1. The van der Waals surface area contributed by atoms with Crippen LogP contribution < -0.4 is 10.2 Å². The second kappa shape index (κ2) is 7.21. The molecule has 1 aromatic carbocycles. The van der Waals surface area contributed by atoms with Crippen LogP contribution >= 0.6 is 0 Å². The summed E-state index contributed by atoms with van der Waals surface area (Å²) < 4.78 is 7.22. The number of fused-ring (bicyclic) bond motifs is 1. The lowest BCUT2D eigenvalue weighted by molar-refractivity contribution is 0.0533. The number of imidazole rings is 1. The normalized spacial score (nSPS) is 18.3. The maximum Gasteiger partial charge on any atom is 0.327 e. The molecule has 1 fully saturated rings. The van der Waals surface area contributed by atoms with E-state index >= 15 is 0 Å². The highest BCUT2D eigenvalue weighted by Crippen LogP contribution is 2.27. The number of morpholine rings is 1. The predicted octanol–water partition coefficient (Wildman–Crippen LogP) is 2.87. The largest absolute Gasteiger partial charge is 0.375 e. The van der Waals surface area contributed by atoms with Crippen molar-refractivity contribution in [1.29, 1.82) is 0 Å². The van der Waals surface area contributed by atoms with E-state index in [1.165, 1.54) is 0 Å². The summed E-state index contributed by atoms with van der Waals surface area (Å²) in [6.07, 6.45) is 2.79. The van der Waals surface area contributed by atoms with Crippen LogP contribution in [0.1, 0.15) is 27.2 Å². The van der Waals surface area contributed by atoms with Crippen LogP contribution in [0.15, 0.2) is 24.5 Å². The van der Waals surface area contributed by atoms with Gasteiger partial charge in [-0.3, -0.25) is 4.57 Å². The predicted molar refractivity (Wildman–Crippen MR) is 95.6 cm³/mol. The molecular formula is C18H26N4O2. The van der Waals surface area contributed by atoms with Crippen molar-refractivity contribution in [2.45, 2.75) is 33.3 Å². The number of ether oxygens (including phenoxy) is 1. The van der Waals surface area contributed by atoms with E-state index < -0.39 is 0 Å². The number of aromatic nitrogens is 2. The van der Waals surface area contributed by atoms with E-state index in [1.807, 2.05) is 12.1 Å². The second-order valence-electron chi connectivity index (χ2n) is 6.80. The van der Waals surface area contributed by atoms with Crippen molar-refractivity contribution in [3.05, 3.63) is 24.5 Å². The van der Waals surface area contributed by atoms with Crippen LogP contribution in [0.5, 0.6) is 0 Å². The molecule has 0 saturated carbocycles. The van der Waals surface area contributed by atoms with Crippen molar-refractivity contribution in [2.24, 2.45) is 5.92 Å². The molecule has 1 aliphatic heterocycles. The number of rotatable bonds is 4. The number of amides is 1. The number of para-hydroxylation sites is 1. The second-order valence-corrected chi connectivity index (χ2v) is 6.80. The minimum absolute atomic E-state index is 0.120. The van der Waals surface area contributed by atoms with Crippen molar-refractivity contribution >= 4 is 22.8 Å². The summed E-state index contributed by atoms with van der Waals surface area (Å²) in [5, 5.41) is 2.97. The first-order chi connectivity index (χ1) is 11.6. The molecular weight excluding hydrogens is 304 g/mol. The van der Waals surface area contributed by atoms with E-state index in [0.29, 0.717) is 19.1 Å². The minimum Gasteiger partial charge on any atom is -0.375 e. The molecule has 130 valence electrons. The molecule has 0 aliphatic carbocycles. The van der Waals surface area contributed by atoms with Crippen LogP contribution in [0, 0.1) is 5.92 Å². The molecule has 0 bridgehead atoms. The number of benzene rings is 1. The third-order valence-electron chi connectivity index (χ3n) is 4.35. The van der Waals surface area contributed by atoms with Gasteiger partial charge in [0, 0.05) is 19.6 Å². The van der Waals surface area contributed by atoms with Gasteiger partial charge in [-0.2, -0.15) is 0 Å². The summed E-state index contributed by atoms with van der Waals surface area (Å²) in [6, 6.07) is 5.87. The Morgan fingerprint density at radius 1 is 1.46 bits per heavy atom. The fraction of sp³-hybridized carbons (Fsp3) is 0.556. The van der Waals surface area contributed by atoms with Gasteiger partial charge in [-0.05, 0) is 31.4 Å². The molecule has 2 aromatic rings. The van der Waals surface area contributed by atoms with E-state index in [2.05, 4.69) is 42.0 Å². The zero-order valence-electron chi connectivity index (χ0n) is 14.7. The molecule has 0 unspecified atom stereocenters. The van der Waals surface area contributed by atoms with Crippen LogP contribution in [0.2, 0.25) is 0 Å². The van der Waals surface area contributed by atoms with Gasteiger partial charge in [-0.15, -0.1) is 0 Å². The molecule has 0 spiro atoms. The highest BCUT2D eigenvalue weighted by molar-refractivity contribution is 5.95. The van der Waals surface area contributed by atoms with E-state index in [-0.39, 0.29) is 12.1 Å². The summed E-state index contributed by atoms with van der Waals surface area (Å²) in [5.74, 6) is 0.569. The fourth-order valence-corrected chi connectivity index (χ4v) is 3.03. The van der Waals surface area contributed by atoms with E-state index in [4.69, 9.17) is 4.74 Å². The maximum atomic E-state index is 12.4. The van der Waals surface area contributed by atoms with Crippen LogP contribution in [-0.2, 0) is 4.74 Å². The number of anilines is 1. The van der Waals surface area contributed by atoms with Gasteiger partial charge in [0.05, 0.1) is 23.9 Å². The molecule has 2 heterocycles. The van der Waals surface area contributed by atoms with Crippen LogP contribution in [0.4, 0.5) is 10.5 Å². The van der Waals surface area contributed by atoms with Crippen molar-refractivity contribution in [2.75, 3.05) is 31.1 Å². The molecule has 3 rings (SSSR count). The van der Waals surface area contributed by atoms with E-state index in [0.717, 1.165) is 36.2 Å². The lowest BCUT2D eigenvalue weighted by atomic mass is 10.1.